The molecule has 120 valence electrons. The fourth-order valence-corrected chi connectivity index (χ4v) is 2.53. The van der Waals surface area contributed by atoms with Crippen LogP contribution in [0.25, 0.3) is 0 Å². The summed E-state index contributed by atoms with van der Waals surface area (Å²) < 4.78 is 4.71. The van der Waals surface area contributed by atoms with Crippen LogP contribution in [-0.4, -0.2) is 65.2 Å². The highest BCUT2D eigenvalue weighted by Gasteiger charge is 2.40. The minimum absolute atomic E-state index is 0.179. The number of hydrogen-bond acceptors (Lipinski definition) is 4. The number of hydrogen-bond donors (Lipinski definition) is 1. The van der Waals surface area contributed by atoms with Gasteiger partial charge in [-0.1, -0.05) is 0 Å². The van der Waals surface area contributed by atoms with Crippen LogP contribution in [0.1, 0.15) is 33.6 Å². The second-order valence-electron chi connectivity index (χ2n) is 5.68. The van der Waals surface area contributed by atoms with E-state index in [1.54, 1.807) is 11.8 Å². The lowest BCUT2D eigenvalue weighted by Gasteiger charge is -2.40. The average molecular weight is 300 g/mol. The first-order valence-corrected chi connectivity index (χ1v) is 7.13. The Bertz CT molecular complexity index is 414. The van der Waals surface area contributed by atoms with Crippen LogP contribution in [0, 0.1) is 5.92 Å². The summed E-state index contributed by atoms with van der Waals surface area (Å²) in [6.07, 6.45) is 1.09. The van der Waals surface area contributed by atoms with Gasteiger partial charge in [0.15, 0.2) is 0 Å². The molecule has 0 bridgehead atoms. The standard InChI is InChI=1S/C14H24N2O5/c1-5-16(14(2,3)12(18)19)13(20)15-8-6-10(7-9-15)11(17)21-4/h10H,5-9H2,1-4H3,(H,18,19). The second-order valence-corrected chi connectivity index (χ2v) is 5.68. The van der Waals surface area contributed by atoms with E-state index in [2.05, 4.69) is 0 Å². The van der Waals surface area contributed by atoms with E-state index in [0.29, 0.717) is 32.5 Å². The molecule has 21 heavy (non-hydrogen) atoms. The van der Waals surface area contributed by atoms with E-state index in [1.165, 1.54) is 25.9 Å². The van der Waals surface area contributed by atoms with Gasteiger partial charge >= 0.3 is 18.0 Å². The number of carbonyl (C=O) groups excluding carboxylic acids is 2. The SMILES string of the molecule is CCN(C(=O)N1CCC(C(=O)OC)CC1)C(C)(C)C(=O)O. The molecule has 0 atom stereocenters. The average Bonchev–Trinajstić information content (AvgIpc) is 2.46. The van der Waals surface area contributed by atoms with E-state index in [-0.39, 0.29) is 17.9 Å². The number of amides is 2. The predicted molar refractivity (Wildman–Crippen MR) is 75.8 cm³/mol. The molecule has 0 aliphatic carbocycles. The highest BCUT2D eigenvalue weighted by Crippen LogP contribution is 2.22. The maximum atomic E-state index is 12.5. The van der Waals surface area contributed by atoms with Crippen LogP contribution < -0.4 is 0 Å². The van der Waals surface area contributed by atoms with Gasteiger partial charge in [-0.05, 0) is 33.6 Å². The molecule has 7 nitrogen and oxygen atoms in total. The molecule has 1 aliphatic heterocycles. The van der Waals surface area contributed by atoms with Crippen molar-refractivity contribution in [3.63, 3.8) is 0 Å². The van der Waals surface area contributed by atoms with Crippen molar-refractivity contribution in [3.05, 3.63) is 0 Å². The van der Waals surface area contributed by atoms with Gasteiger partial charge < -0.3 is 19.6 Å². The predicted octanol–water partition coefficient (Wildman–Crippen LogP) is 1.18. The van der Waals surface area contributed by atoms with Gasteiger partial charge in [-0.15, -0.1) is 0 Å². The number of urea groups is 1. The fraction of sp³-hybridized carbons (Fsp3) is 0.786. The molecular weight excluding hydrogens is 276 g/mol. The number of methoxy groups -OCH3 is 1. The Morgan fingerprint density at radius 3 is 2.19 bits per heavy atom. The number of aliphatic carboxylic acids is 1. The first-order chi connectivity index (χ1) is 9.75. The van der Waals surface area contributed by atoms with Crippen LogP contribution in [0.3, 0.4) is 0 Å². The summed E-state index contributed by atoms with van der Waals surface area (Å²) in [6, 6.07) is -0.298. The monoisotopic (exact) mass is 300 g/mol. The highest BCUT2D eigenvalue weighted by molar-refractivity contribution is 5.85. The molecule has 0 spiro atoms. The van der Waals surface area contributed by atoms with E-state index >= 15 is 0 Å². The largest absolute Gasteiger partial charge is 0.480 e. The molecule has 1 fully saturated rings. The zero-order valence-electron chi connectivity index (χ0n) is 13.1. The second kappa shape index (κ2) is 6.78. The van der Waals surface area contributed by atoms with E-state index < -0.39 is 11.5 Å². The van der Waals surface area contributed by atoms with Crippen molar-refractivity contribution in [1.29, 1.82) is 0 Å². The van der Waals surface area contributed by atoms with Gasteiger partial charge in [-0.3, -0.25) is 4.79 Å². The molecular formula is C14H24N2O5. The normalized spacial score (nSPS) is 16.5. The minimum atomic E-state index is -1.26. The van der Waals surface area contributed by atoms with Crippen molar-refractivity contribution in [2.75, 3.05) is 26.7 Å². The fourth-order valence-electron chi connectivity index (χ4n) is 2.53. The van der Waals surface area contributed by atoms with Gasteiger partial charge in [-0.25, -0.2) is 9.59 Å². The highest BCUT2D eigenvalue weighted by atomic mass is 16.5. The lowest BCUT2D eigenvalue weighted by molar-refractivity contribution is -0.147. The Morgan fingerprint density at radius 1 is 1.29 bits per heavy atom. The van der Waals surface area contributed by atoms with Crippen LogP contribution in [0.4, 0.5) is 4.79 Å². The van der Waals surface area contributed by atoms with E-state index in [1.807, 2.05) is 0 Å². The van der Waals surface area contributed by atoms with Gasteiger partial charge in [0.1, 0.15) is 5.54 Å². The van der Waals surface area contributed by atoms with Crippen LogP contribution in [0.15, 0.2) is 0 Å². The maximum absolute atomic E-state index is 12.5. The molecule has 7 heteroatoms. The Kier molecular flexibility index (Phi) is 5.57. The van der Waals surface area contributed by atoms with Crippen molar-refractivity contribution in [3.8, 4) is 0 Å². The number of ether oxygens (including phenoxy) is 1. The zero-order valence-corrected chi connectivity index (χ0v) is 13.1. The van der Waals surface area contributed by atoms with Gasteiger partial charge in [0.25, 0.3) is 0 Å². The van der Waals surface area contributed by atoms with Gasteiger partial charge in [0.2, 0.25) is 0 Å². The summed E-state index contributed by atoms with van der Waals surface area (Å²) in [6.45, 7) is 5.96. The first-order valence-electron chi connectivity index (χ1n) is 7.13. The molecule has 0 aromatic rings. The molecule has 0 aromatic carbocycles. The lowest BCUT2D eigenvalue weighted by atomic mass is 9.97. The summed E-state index contributed by atoms with van der Waals surface area (Å²) in [5.74, 6) is -1.47. The summed E-state index contributed by atoms with van der Waals surface area (Å²) in [7, 11) is 1.36. The van der Waals surface area contributed by atoms with E-state index in [4.69, 9.17) is 4.74 Å². The van der Waals surface area contributed by atoms with Crippen LogP contribution >= 0.6 is 0 Å². The van der Waals surface area contributed by atoms with Crippen LogP contribution in [-0.2, 0) is 14.3 Å². The van der Waals surface area contributed by atoms with Crippen molar-refractivity contribution in [1.82, 2.24) is 9.80 Å². The van der Waals surface area contributed by atoms with Crippen molar-refractivity contribution >= 4 is 18.0 Å². The molecule has 0 aromatic heterocycles. The third-order valence-electron chi connectivity index (χ3n) is 4.05. The zero-order chi connectivity index (χ0) is 16.2. The summed E-state index contributed by atoms with van der Waals surface area (Å²) in [4.78, 5) is 38.2. The molecule has 2 amide bonds. The molecule has 1 rings (SSSR count). The van der Waals surface area contributed by atoms with E-state index in [0.717, 1.165) is 0 Å². The van der Waals surface area contributed by atoms with Gasteiger partial charge in [0.05, 0.1) is 13.0 Å². The number of nitrogens with zero attached hydrogens (tertiary/aromatic N) is 2. The minimum Gasteiger partial charge on any atom is -0.480 e. The maximum Gasteiger partial charge on any atom is 0.329 e. The molecule has 0 saturated carbocycles. The Labute approximate surface area is 124 Å². The molecule has 1 heterocycles. The van der Waals surface area contributed by atoms with Crippen LogP contribution in [0.2, 0.25) is 0 Å². The summed E-state index contributed by atoms with van der Waals surface area (Å²) in [5.41, 5.74) is -1.26. The lowest BCUT2D eigenvalue weighted by Crippen LogP contribution is -2.58. The van der Waals surface area contributed by atoms with Crippen molar-refractivity contribution in [2.24, 2.45) is 5.92 Å². The topological polar surface area (TPSA) is 87.2 Å². The Hall–Kier alpha value is -1.79. The third-order valence-corrected chi connectivity index (χ3v) is 4.05. The number of likely N-dealkylation sites (N-methyl/N-ethyl adjacent to an activating group) is 1. The number of rotatable bonds is 4. The quantitative estimate of drug-likeness (QED) is 0.788. The van der Waals surface area contributed by atoms with E-state index in [9.17, 15) is 19.5 Å². The Balaban J connectivity index is 2.72. The molecule has 1 N–H and O–H groups in total. The molecule has 1 saturated heterocycles. The number of carboxylic acid groups (broad SMARTS) is 1. The summed E-state index contributed by atoms with van der Waals surface area (Å²) in [5, 5.41) is 9.26. The number of carboxylic acids is 1. The number of esters is 1. The Morgan fingerprint density at radius 2 is 1.81 bits per heavy atom. The molecule has 0 radical (unpaired) electrons. The van der Waals surface area contributed by atoms with Crippen molar-refractivity contribution in [2.45, 2.75) is 39.2 Å². The van der Waals surface area contributed by atoms with Gasteiger partial charge in [-0.2, -0.15) is 0 Å². The van der Waals surface area contributed by atoms with Gasteiger partial charge in [0, 0.05) is 19.6 Å². The van der Waals surface area contributed by atoms with Crippen LogP contribution in [0.5, 0.6) is 0 Å². The molecule has 0 unspecified atom stereocenters. The third kappa shape index (κ3) is 3.65. The summed E-state index contributed by atoms with van der Waals surface area (Å²) >= 11 is 0. The van der Waals surface area contributed by atoms with Crippen molar-refractivity contribution < 1.29 is 24.2 Å². The smallest absolute Gasteiger partial charge is 0.329 e. The number of likely N-dealkylation sites (tertiary alicyclic amines) is 1. The number of piperidine rings is 1. The first kappa shape index (κ1) is 17.3. The number of carbonyl (C=O) groups is 3. The molecule has 1 aliphatic rings.